The summed E-state index contributed by atoms with van der Waals surface area (Å²) in [6, 6.07) is 3.06. The lowest BCUT2D eigenvalue weighted by Crippen LogP contribution is -2.30. The molecule has 0 spiro atoms. The van der Waals surface area contributed by atoms with Gasteiger partial charge in [0.25, 0.3) is 5.91 Å². The molecule has 3 rings (SSSR count). The van der Waals surface area contributed by atoms with Crippen LogP contribution >= 0.6 is 23.6 Å². The van der Waals surface area contributed by atoms with Gasteiger partial charge in [-0.1, -0.05) is 17.4 Å². The third kappa shape index (κ3) is 4.57. The third-order valence-electron chi connectivity index (χ3n) is 3.87. The predicted molar refractivity (Wildman–Crippen MR) is 109 cm³/mol. The van der Waals surface area contributed by atoms with E-state index in [-0.39, 0.29) is 5.75 Å². The zero-order valence-electron chi connectivity index (χ0n) is 15.5. The minimum atomic E-state index is -1.05. The number of hydrogen-bond donors (Lipinski definition) is 2. The molecule has 0 aliphatic rings. The first-order chi connectivity index (χ1) is 13.8. The van der Waals surface area contributed by atoms with Crippen molar-refractivity contribution in [1.29, 1.82) is 0 Å². The highest BCUT2D eigenvalue weighted by Gasteiger charge is 2.20. The number of carbonyl (C=O) groups is 1. The molecule has 2 aromatic heterocycles. The number of ether oxygens (including phenoxy) is 1. The Bertz CT molecular complexity index is 1120. The molecule has 1 amide bonds. The Balaban J connectivity index is 1.74. The Morgan fingerprint density at radius 1 is 1.48 bits per heavy atom. The summed E-state index contributed by atoms with van der Waals surface area (Å²) in [5.74, 6) is -1.89. The first-order valence-corrected chi connectivity index (χ1v) is 9.69. The molecule has 3 aromatic rings. The highest BCUT2D eigenvalue weighted by Crippen LogP contribution is 2.31. The predicted octanol–water partition coefficient (Wildman–Crippen LogP) is 4.24. The number of thiazole rings is 1. The zero-order valence-corrected chi connectivity index (χ0v) is 17.2. The number of H-pyrrole nitrogens is 1. The van der Waals surface area contributed by atoms with Gasteiger partial charge in [-0.3, -0.25) is 19.8 Å². The van der Waals surface area contributed by atoms with Crippen LogP contribution in [0.4, 0.5) is 13.9 Å². The first-order valence-electron chi connectivity index (χ1n) is 8.46. The Hall–Kier alpha value is -2.92. The van der Waals surface area contributed by atoms with Crippen LogP contribution in [0.15, 0.2) is 30.9 Å². The van der Waals surface area contributed by atoms with Crippen LogP contribution in [-0.2, 0) is 11.3 Å². The van der Waals surface area contributed by atoms with E-state index in [0.717, 1.165) is 17.0 Å². The molecule has 1 atom stereocenters. The number of amides is 1. The van der Waals surface area contributed by atoms with Crippen molar-refractivity contribution in [3.8, 4) is 16.5 Å². The number of nitrogens with zero attached hydrogens (tertiary/aromatic N) is 3. The second kappa shape index (κ2) is 8.62. The van der Waals surface area contributed by atoms with Crippen LogP contribution in [0.5, 0.6) is 5.75 Å². The van der Waals surface area contributed by atoms with E-state index in [4.69, 9.17) is 17.0 Å². The molecular weight excluding hydrogens is 420 g/mol. The van der Waals surface area contributed by atoms with Crippen molar-refractivity contribution in [1.82, 2.24) is 19.7 Å². The number of aryl methyl sites for hydroxylation is 1. The van der Waals surface area contributed by atoms with E-state index in [1.54, 1.807) is 17.6 Å². The van der Waals surface area contributed by atoms with E-state index in [9.17, 15) is 13.6 Å². The van der Waals surface area contributed by atoms with Gasteiger partial charge in [0.2, 0.25) is 0 Å². The number of hydrogen-bond acceptors (Lipinski definition) is 6. The number of allylic oxidation sites excluding steroid dienone is 1. The SMILES string of the molecule is C=CCn1c(-c2sc(NC(=O)C(C)Oc3ccc(F)c(F)c3)nc2C)n[nH]c1=S. The molecule has 11 heteroatoms. The number of nitrogens with one attached hydrogen (secondary N) is 2. The van der Waals surface area contributed by atoms with Gasteiger partial charge in [0.05, 0.1) is 10.6 Å². The number of halogens is 2. The molecule has 1 aromatic carbocycles. The average molecular weight is 437 g/mol. The standard InChI is InChI=1S/C18H17F2N5O2S2/c1-4-7-25-15(23-24-18(25)28)14-9(2)21-17(29-14)22-16(26)10(3)27-11-5-6-12(19)13(20)8-11/h4-6,8,10H,1,7H2,2-3H3,(H,24,28)(H,21,22,26). The van der Waals surface area contributed by atoms with Crippen molar-refractivity contribution >= 4 is 34.6 Å². The largest absolute Gasteiger partial charge is 0.481 e. The molecule has 152 valence electrons. The third-order valence-corrected chi connectivity index (χ3v) is 5.25. The van der Waals surface area contributed by atoms with Crippen molar-refractivity contribution < 1.29 is 18.3 Å². The van der Waals surface area contributed by atoms with Crippen molar-refractivity contribution in [3.63, 3.8) is 0 Å². The Morgan fingerprint density at radius 3 is 2.93 bits per heavy atom. The fraction of sp³-hybridized carbons (Fsp3) is 0.222. The van der Waals surface area contributed by atoms with Gasteiger partial charge < -0.3 is 4.74 Å². The maximum absolute atomic E-state index is 13.3. The maximum Gasteiger partial charge on any atom is 0.266 e. The number of anilines is 1. The molecule has 1 unspecified atom stereocenters. The lowest BCUT2D eigenvalue weighted by Gasteiger charge is -2.13. The molecule has 0 aliphatic carbocycles. The summed E-state index contributed by atoms with van der Waals surface area (Å²) in [5.41, 5.74) is 0.666. The molecule has 0 fully saturated rings. The summed E-state index contributed by atoms with van der Waals surface area (Å²) < 4.78 is 33.9. The van der Waals surface area contributed by atoms with Crippen LogP contribution in [0.25, 0.3) is 10.7 Å². The minimum Gasteiger partial charge on any atom is -0.481 e. The van der Waals surface area contributed by atoms with E-state index in [1.807, 2.05) is 0 Å². The van der Waals surface area contributed by atoms with Crippen molar-refractivity contribution in [2.75, 3.05) is 5.32 Å². The zero-order chi connectivity index (χ0) is 21.1. The topological polar surface area (TPSA) is 84.8 Å². The Morgan fingerprint density at radius 2 is 2.24 bits per heavy atom. The molecule has 2 N–H and O–H groups in total. The van der Waals surface area contributed by atoms with Gasteiger partial charge in [0.15, 0.2) is 33.5 Å². The van der Waals surface area contributed by atoms with Gasteiger partial charge in [-0.2, -0.15) is 5.10 Å². The van der Waals surface area contributed by atoms with E-state index in [1.165, 1.54) is 24.3 Å². The Labute approximate surface area is 174 Å². The van der Waals surface area contributed by atoms with E-state index in [2.05, 4.69) is 27.1 Å². The van der Waals surface area contributed by atoms with Crippen LogP contribution < -0.4 is 10.1 Å². The normalized spacial score (nSPS) is 11.9. The van der Waals surface area contributed by atoms with Crippen LogP contribution in [0.2, 0.25) is 0 Å². The summed E-state index contributed by atoms with van der Waals surface area (Å²) in [6.07, 6.45) is 0.744. The number of benzene rings is 1. The molecule has 0 saturated carbocycles. The number of carbonyl (C=O) groups excluding carboxylic acids is 1. The van der Waals surface area contributed by atoms with Crippen LogP contribution in [0.3, 0.4) is 0 Å². The second-order valence-corrected chi connectivity index (χ2v) is 7.40. The lowest BCUT2D eigenvalue weighted by atomic mass is 10.3. The van der Waals surface area contributed by atoms with Crippen molar-refractivity contribution in [2.24, 2.45) is 0 Å². The Kier molecular flexibility index (Phi) is 6.18. The summed E-state index contributed by atoms with van der Waals surface area (Å²) in [4.78, 5) is 17.5. The smallest absolute Gasteiger partial charge is 0.266 e. The van der Waals surface area contributed by atoms with Crippen LogP contribution in [0.1, 0.15) is 12.6 Å². The van der Waals surface area contributed by atoms with Gasteiger partial charge in [-0.15, -0.1) is 6.58 Å². The molecule has 0 bridgehead atoms. The summed E-state index contributed by atoms with van der Waals surface area (Å²) >= 11 is 6.45. The molecule has 0 saturated heterocycles. The van der Waals surface area contributed by atoms with Gasteiger partial charge >= 0.3 is 0 Å². The fourth-order valence-corrected chi connectivity index (χ4v) is 3.64. The molecule has 7 nitrogen and oxygen atoms in total. The summed E-state index contributed by atoms with van der Waals surface area (Å²) in [6.45, 7) is 7.46. The van der Waals surface area contributed by atoms with Crippen molar-refractivity contribution in [3.05, 3.63) is 53.0 Å². The summed E-state index contributed by atoms with van der Waals surface area (Å²) in [5, 5.41) is 9.97. The highest BCUT2D eigenvalue weighted by atomic mass is 32.1. The van der Waals surface area contributed by atoms with Gasteiger partial charge in [0.1, 0.15) is 5.75 Å². The number of aromatic nitrogens is 4. The number of aromatic amines is 1. The molecule has 2 heterocycles. The van der Waals surface area contributed by atoms with E-state index < -0.39 is 23.6 Å². The maximum atomic E-state index is 13.3. The second-order valence-electron chi connectivity index (χ2n) is 6.01. The fourth-order valence-electron chi connectivity index (χ4n) is 2.46. The summed E-state index contributed by atoms with van der Waals surface area (Å²) in [7, 11) is 0. The monoisotopic (exact) mass is 437 g/mol. The van der Waals surface area contributed by atoms with E-state index in [0.29, 0.717) is 28.0 Å². The van der Waals surface area contributed by atoms with Crippen LogP contribution in [0, 0.1) is 23.3 Å². The molecular formula is C18H17F2N5O2S2. The quantitative estimate of drug-likeness (QED) is 0.427. The highest BCUT2D eigenvalue weighted by molar-refractivity contribution is 7.71. The van der Waals surface area contributed by atoms with Gasteiger partial charge in [-0.05, 0) is 38.2 Å². The van der Waals surface area contributed by atoms with Gasteiger partial charge in [-0.25, -0.2) is 13.8 Å². The van der Waals surface area contributed by atoms with Gasteiger partial charge in [0, 0.05) is 12.6 Å². The van der Waals surface area contributed by atoms with Crippen LogP contribution in [-0.4, -0.2) is 31.8 Å². The first kappa shape index (κ1) is 20.8. The van der Waals surface area contributed by atoms with Crippen molar-refractivity contribution in [2.45, 2.75) is 26.5 Å². The molecule has 0 aliphatic heterocycles. The number of rotatable bonds is 7. The van der Waals surface area contributed by atoms with E-state index >= 15 is 0 Å². The minimum absolute atomic E-state index is 0.0440. The molecule has 29 heavy (non-hydrogen) atoms. The molecule has 0 radical (unpaired) electrons. The average Bonchev–Trinajstić information content (AvgIpc) is 3.21. The lowest BCUT2D eigenvalue weighted by molar-refractivity contribution is -0.122.